The second-order valence-electron chi connectivity index (χ2n) is 5.84. The molecule has 2 rings (SSSR count). The first-order chi connectivity index (χ1) is 11.7. The van der Waals surface area contributed by atoms with Crippen molar-refractivity contribution in [1.82, 2.24) is 20.2 Å². The molecule has 0 atom stereocenters. The summed E-state index contributed by atoms with van der Waals surface area (Å²) in [5, 5.41) is 8.51. The average Bonchev–Trinajstić information content (AvgIpc) is 2.53. The average molecular weight is 364 g/mol. The van der Waals surface area contributed by atoms with Gasteiger partial charge in [0.15, 0.2) is 0 Å². The third kappa shape index (κ3) is 6.12. The van der Waals surface area contributed by atoms with E-state index in [0.717, 1.165) is 5.56 Å². The van der Waals surface area contributed by atoms with E-state index in [9.17, 15) is 18.0 Å². The lowest BCUT2D eigenvalue weighted by atomic mass is 10.1. The Kier molecular flexibility index (Phi) is 6.05. The first kappa shape index (κ1) is 18.8. The molecule has 0 unspecified atom stereocenters. The van der Waals surface area contributed by atoms with E-state index in [1.54, 1.807) is 38.1 Å². The monoisotopic (exact) mass is 364 g/mol. The van der Waals surface area contributed by atoms with Gasteiger partial charge >= 0.3 is 0 Å². The largest absolute Gasteiger partial charge is 0.347 e. The summed E-state index contributed by atoms with van der Waals surface area (Å²) >= 11 is 0. The van der Waals surface area contributed by atoms with Crippen LogP contribution in [0, 0.1) is 0 Å². The quantitative estimate of drug-likeness (QED) is 0.662. The van der Waals surface area contributed by atoms with Crippen molar-refractivity contribution in [3.63, 3.8) is 0 Å². The Morgan fingerprint density at radius 2 is 1.76 bits per heavy atom. The number of H-pyrrole nitrogens is 1. The molecule has 9 heteroatoms. The van der Waals surface area contributed by atoms with E-state index in [2.05, 4.69) is 20.2 Å². The molecule has 0 spiro atoms. The van der Waals surface area contributed by atoms with Crippen molar-refractivity contribution in [2.24, 2.45) is 0 Å². The molecule has 1 aromatic carbocycles. The van der Waals surface area contributed by atoms with Crippen molar-refractivity contribution in [1.29, 1.82) is 0 Å². The fourth-order valence-corrected chi connectivity index (χ4v) is 3.55. The number of nitrogens with zero attached hydrogens (tertiary/aromatic N) is 1. The lowest BCUT2D eigenvalue weighted by Gasteiger charge is -2.10. The van der Waals surface area contributed by atoms with Crippen LogP contribution in [0.1, 0.15) is 35.5 Å². The molecule has 3 N–H and O–H groups in total. The van der Waals surface area contributed by atoms with Gasteiger partial charge in [-0.15, -0.1) is 0 Å². The van der Waals surface area contributed by atoms with Gasteiger partial charge in [0.25, 0.3) is 11.5 Å². The maximum atomic E-state index is 11.9. The number of rotatable bonds is 7. The van der Waals surface area contributed by atoms with Gasteiger partial charge in [0.05, 0.1) is 5.75 Å². The van der Waals surface area contributed by atoms with Crippen molar-refractivity contribution in [3.8, 4) is 0 Å². The maximum absolute atomic E-state index is 11.9. The highest BCUT2D eigenvalue weighted by molar-refractivity contribution is 7.88. The molecule has 134 valence electrons. The van der Waals surface area contributed by atoms with Crippen molar-refractivity contribution in [2.45, 2.75) is 32.2 Å². The van der Waals surface area contributed by atoms with Crippen LogP contribution in [0.5, 0.6) is 0 Å². The SMILES string of the molecule is CC(C)NS(=O)(=O)Cc1ccc(CNC(=O)c2ccc(=O)[nH]n2)cc1. The van der Waals surface area contributed by atoms with E-state index >= 15 is 0 Å². The molecule has 0 saturated carbocycles. The summed E-state index contributed by atoms with van der Waals surface area (Å²) in [7, 11) is -3.37. The summed E-state index contributed by atoms with van der Waals surface area (Å²) in [6.07, 6.45) is 0. The van der Waals surface area contributed by atoms with Gasteiger partial charge in [0, 0.05) is 18.7 Å². The summed E-state index contributed by atoms with van der Waals surface area (Å²) in [6.45, 7) is 3.79. The number of carbonyl (C=O) groups is 1. The molecule has 0 aliphatic rings. The van der Waals surface area contributed by atoms with Gasteiger partial charge in [-0.3, -0.25) is 9.59 Å². The van der Waals surface area contributed by atoms with Crippen molar-refractivity contribution in [2.75, 3.05) is 0 Å². The summed E-state index contributed by atoms with van der Waals surface area (Å²) in [6, 6.07) is 9.33. The van der Waals surface area contributed by atoms with Crippen LogP contribution in [0.2, 0.25) is 0 Å². The highest BCUT2D eigenvalue weighted by atomic mass is 32.2. The smallest absolute Gasteiger partial charge is 0.271 e. The highest BCUT2D eigenvalue weighted by Gasteiger charge is 2.13. The lowest BCUT2D eigenvalue weighted by Crippen LogP contribution is -2.31. The van der Waals surface area contributed by atoms with Crippen LogP contribution in [0.3, 0.4) is 0 Å². The van der Waals surface area contributed by atoms with Crippen LogP contribution >= 0.6 is 0 Å². The summed E-state index contributed by atoms with van der Waals surface area (Å²) < 4.78 is 26.3. The number of carbonyl (C=O) groups excluding carboxylic acids is 1. The fraction of sp³-hybridized carbons (Fsp3) is 0.312. The van der Waals surface area contributed by atoms with E-state index in [-0.39, 0.29) is 29.6 Å². The van der Waals surface area contributed by atoms with Gasteiger partial charge < -0.3 is 5.32 Å². The molecule has 0 radical (unpaired) electrons. The zero-order valence-electron chi connectivity index (χ0n) is 13.9. The highest BCUT2D eigenvalue weighted by Crippen LogP contribution is 2.08. The molecule has 0 aliphatic carbocycles. The first-order valence-electron chi connectivity index (χ1n) is 7.67. The molecule has 0 saturated heterocycles. The normalized spacial score (nSPS) is 11.5. The Hall–Kier alpha value is -2.52. The molecule has 2 aromatic rings. The number of benzene rings is 1. The minimum atomic E-state index is -3.37. The second kappa shape index (κ2) is 8.04. The van der Waals surface area contributed by atoms with E-state index in [4.69, 9.17) is 0 Å². The molecule has 0 bridgehead atoms. The summed E-state index contributed by atoms with van der Waals surface area (Å²) in [5.74, 6) is -0.511. The van der Waals surface area contributed by atoms with Crippen LogP contribution in [-0.4, -0.2) is 30.6 Å². The van der Waals surface area contributed by atoms with Gasteiger partial charge in [-0.05, 0) is 31.0 Å². The molecule has 0 aliphatic heterocycles. The van der Waals surface area contributed by atoms with Gasteiger partial charge in [0.1, 0.15) is 5.69 Å². The van der Waals surface area contributed by atoms with Crippen molar-refractivity contribution >= 4 is 15.9 Å². The maximum Gasteiger partial charge on any atom is 0.271 e. The predicted octanol–water partition coefficient (Wildman–Crippen LogP) is 0.528. The van der Waals surface area contributed by atoms with E-state index < -0.39 is 15.9 Å². The Bertz CT molecular complexity index is 869. The third-order valence-corrected chi connectivity index (χ3v) is 4.70. The fourth-order valence-electron chi connectivity index (χ4n) is 2.12. The molecule has 1 heterocycles. The predicted molar refractivity (Wildman–Crippen MR) is 93.4 cm³/mol. The van der Waals surface area contributed by atoms with Crippen molar-refractivity contribution < 1.29 is 13.2 Å². The van der Waals surface area contributed by atoms with Crippen molar-refractivity contribution in [3.05, 3.63) is 63.6 Å². The molecular formula is C16H20N4O4S. The molecule has 8 nitrogen and oxygen atoms in total. The molecule has 25 heavy (non-hydrogen) atoms. The summed E-state index contributed by atoms with van der Waals surface area (Å²) in [5.41, 5.74) is 1.21. The molecule has 0 fully saturated rings. The number of aromatic nitrogens is 2. The standard InChI is InChI=1S/C16H20N4O4S/c1-11(2)20-25(23,24)10-13-5-3-12(4-6-13)9-17-16(22)14-7-8-15(21)19-18-14/h3-8,11,20H,9-10H2,1-2H3,(H,17,22)(H,19,21). The number of sulfonamides is 1. The number of amides is 1. The number of aromatic amines is 1. The van der Waals surface area contributed by atoms with E-state index in [1.807, 2.05) is 0 Å². The third-order valence-electron chi connectivity index (χ3n) is 3.16. The van der Waals surface area contributed by atoms with E-state index in [1.165, 1.54) is 12.1 Å². The van der Waals surface area contributed by atoms with Crippen LogP contribution in [0.25, 0.3) is 0 Å². The van der Waals surface area contributed by atoms with Gasteiger partial charge in [-0.25, -0.2) is 18.2 Å². The van der Waals surface area contributed by atoms with E-state index in [0.29, 0.717) is 5.56 Å². The minimum absolute atomic E-state index is 0.0981. The van der Waals surface area contributed by atoms with Gasteiger partial charge in [-0.2, -0.15) is 5.10 Å². The molecular weight excluding hydrogens is 344 g/mol. The van der Waals surface area contributed by atoms with Crippen LogP contribution in [0.15, 0.2) is 41.2 Å². The molecule has 1 amide bonds. The minimum Gasteiger partial charge on any atom is -0.347 e. The lowest BCUT2D eigenvalue weighted by molar-refractivity contribution is 0.0944. The van der Waals surface area contributed by atoms with Crippen LogP contribution in [0.4, 0.5) is 0 Å². The van der Waals surface area contributed by atoms with Crippen LogP contribution in [-0.2, 0) is 22.3 Å². The number of hydrogen-bond acceptors (Lipinski definition) is 5. The number of nitrogens with one attached hydrogen (secondary N) is 3. The Balaban J connectivity index is 1.93. The topological polar surface area (TPSA) is 121 Å². The Labute approximate surface area is 145 Å². The first-order valence-corrected chi connectivity index (χ1v) is 9.32. The zero-order chi connectivity index (χ0) is 18.4. The number of hydrogen-bond donors (Lipinski definition) is 3. The summed E-state index contributed by atoms with van der Waals surface area (Å²) in [4.78, 5) is 22.8. The molecule has 1 aromatic heterocycles. The van der Waals surface area contributed by atoms with Crippen LogP contribution < -0.4 is 15.6 Å². The van der Waals surface area contributed by atoms with Gasteiger partial charge in [-0.1, -0.05) is 24.3 Å². The Morgan fingerprint density at radius 3 is 2.32 bits per heavy atom. The Morgan fingerprint density at radius 1 is 1.12 bits per heavy atom. The zero-order valence-corrected chi connectivity index (χ0v) is 14.8. The van der Waals surface area contributed by atoms with Gasteiger partial charge in [0.2, 0.25) is 10.0 Å². The second-order valence-corrected chi connectivity index (χ2v) is 7.59.